The molecule has 17 heavy (non-hydrogen) atoms. The highest BCUT2D eigenvalue weighted by Crippen LogP contribution is 2.21. The minimum atomic E-state index is -0.748. The van der Waals surface area contributed by atoms with Gasteiger partial charge in [0, 0.05) is 12.5 Å². The van der Waals surface area contributed by atoms with Crippen LogP contribution in [0, 0.1) is 0 Å². The fourth-order valence-corrected chi connectivity index (χ4v) is 2.21. The number of carbonyl (C=O) groups is 1. The Labute approximate surface area is 99.6 Å². The maximum absolute atomic E-state index is 10.7. The number of aryl methyl sites for hydroxylation is 1. The second kappa shape index (κ2) is 5.27. The number of aliphatic carboxylic acids is 1. The molecule has 1 aliphatic rings. The Morgan fingerprint density at radius 2 is 2.47 bits per heavy atom. The molecule has 2 heterocycles. The minimum absolute atomic E-state index is 0.101. The number of aromatic nitrogens is 2. The predicted molar refractivity (Wildman–Crippen MR) is 59.4 cm³/mol. The summed E-state index contributed by atoms with van der Waals surface area (Å²) in [6.07, 6.45) is 2.91. The summed E-state index contributed by atoms with van der Waals surface area (Å²) in [6, 6.07) is 0.101. The van der Waals surface area contributed by atoms with Gasteiger partial charge in [0.1, 0.15) is 0 Å². The first kappa shape index (κ1) is 12.0. The Morgan fingerprint density at radius 1 is 1.65 bits per heavy atom. The van der Waals surface area contributed by atoms with E-state index in [4.69, 9.17) is 9.63 Å². The van der Waals surface area contributed by atoms with Crippen molar-refractivity contribution in [2.24, 2.45) is 0 Å². The van der Waals surface area contributed by atoms with Crippen molar-refractivity contribution in [3.05, 3.63) is 11.7 Å². The summed E-state index contributed by atoms with van der Waals surface area (Å²) in [6.45, 7) is 3.43. The van der Waals surface area contributed by atoms with E-state index in [1.165, 1.54) is 0 Å². The van der Waals surface area contributed by atoms with Crippen LogP contribution in [0.3, 0.4) is 0 Å². The van der Waals surface area contributed by atoms with E-state index < -0.39 is 5.97 Å². The molecule has 1 saturated heterocycles. The average molecular weight is 239 g/mol. The van der Waals surface area contributed by atoms with Gasteiger partial charge in [0.2, 0.25) is 5.89 Å². The Kier molecular flexibility index (Phi) is 3.73. The van der Waals surface area contributed by atoms with Gasteiger partial charge in [0.05, 0.1) is 13.0 Å². The molecule has 0 spiro atoms. The first-order chi connectivity index (χ1) is 8.19. The zero-order valence-corrected chi connectivity index (χ0v) is 9.93. The van der Waals surface area contributed by atoms with E-state index in [1.54, 1.807) is 0 Å². The van der Waals surface area contributed by atoms with Crippen molar-refractivity contribution in [2.45, 2.75) is 45.2 Å². The first-order valence-corrected chi connectivity index (χ1v) is 5.96. The molecule has 6 nitrogen and oxygen atoms in total. The van der Waals surface area contributed by atoms with Crippen molar-refractivity contribution in [3.63, 3.8) is 0 Å². The molecule has 94 valence electrons. The highest BCUT2D eigenvalue weighted by atomic mass is 16.5. The summed E-state index contributed by atoms with van der Waals surface area (Å²) in [5, 5.41) is 12.7. The number of hydrogen-bond donors (Lipinski definition) is 1. The molecule has 0 saturated carbocycles. The fraction of sp³-hybridized carbons (Fsp3) is 0.727. The third-order valence-corrected chi connectivity index (χ3v) is 3.07. The molecule has 0 bridgehead atoms. The van der Waals surface area contributed by atoms with Crippen LogP contribution >= 0.6 is 0 Å². The van der Waals surface area contributed by atoms with Gasteiger partial charge in [0.15, 0.2) is 5.82 Å². The summed E-state index contributed by atoms with van der Waals surface area (Å²) in [5.41, 5.74) is 0. The number of nitrogens with zero attached hydrogens (tertiary/aromatic N) is 3. The number of carboxylic acids is 1. The SMILES string of the molecule is CCc1noc(CN2CCCC2CC(=O)O)n1. The molecule has 0 radical (unpaired) electrons. The van der Waals surface area contributed by atoms with Gasteiger partial charge in [-0.1, -0.05) is 12.1 Å². The van der Waals surface area contributed by atoms with Crippen molar-refractivity contribution >= 4 is 5.97 Å². The van der Waals surface area contributed by atoms with E-state index in [9.17, 15) is 4.79 Å². The van der Waals surface area contributed by atoms with Crippen LogP contribution in [0.5, 0.6) is 0 Å². The third kappa shape index (κ3) is 3.03. The summed E-state index contributed by atoms with van der Waals surface area (Å²) < 4.78 is 5.12. The quantitative estimate of drug-likeness (QED) is 0.828. The second-order valence-corrected chi connectivity index (χ2v) is 4.32. The van der Waals surface area contributed by atoms with Crippen molar-refractivity contribution < 1.29 is 14.4 Å². The highest BCUT2D eigenvalue weighted by Gasteiger charge is 2.27. The summed E-state index contributed by atoms with van der Waals surface area (Å²) in [7, 11) is 0. The Hall–Kier alpha value is -1.43. The normalized spacial score (nSPS) is 20.9. The summed E-state index contributed by atoms with van der Waals surface area (Å²) in [5.74, 6) is 0.537. The number of likely N-dealkylation sites (tertiary alicyclic amines) is 1. The van der Waals surface area contributed by atoms with E-state index in [0.29, 0.717) is 18.3 Å². The topological polar surface area (TPSA) is 79.5 Å². The molecular weight excluding hydrogens is 222 g/mol. The lowest BCUT2D eigenvalue weighted by atomic mass is 10.1. The number of rotatable bonds is 5. The van der Waals surface area contributed by atoms with Crippen molar-refractivity contribution in [1.29, 1.82) is 0 Å². The molecular formula is C11H17N3O3. The van der Waals surface area contributed by atoms with Gasteiger partial charge in [0.25, 0.3) is 0 Å². The van der Waals surface area contributed by atoms with Crippen LogP contribution in [0.25, 0.3) is 0 Å². The van der Waals surface area contributed by atoms with E-state index >= 15 is 0 Å². The maximum Gasteiger partial charge on any atom is 0.304 e. The molecule has 1 atom stereocenters. The lowest BCUT2D eigenvalue weighted by Crippen LogP contribution is -2.30. The van der Waals surface area contributed by atoms with Gasteiger partial charge >= 0.3 is 5.97 Å². The van der Waals surface area contributed by atoms with Gasteiger partial charge in [-0.2, -0.15) is 4.98 Å². The molecule has 1 unspecified atom stereocenters. The van der Waals surface area contributed by atoms with Gasteiger partial charge < -0.3 is 9.63 Å². The van der Waals surface area contributed by atoms with Gasteiger partial charge in [-0.25, -0.2) is 0 Å². The van der Waals surface area contributed by atoms with E-state index in [2.05, 4.69) is 15.0 Å². The molecule has 1 aromatic rings. The molecule has 1 fully saturated rings. The number of carboxylic acid groups (broad SMARTS) is 1. The molecule has 6 heteroatoms. The summed E-state index contributed by atoms with van der Waals surface area (Å²) in [4.78, 5) is 17.1. The Morgan fingerprint density at radius 3 is 3.12 bits per heavy atom. The molecule has 1 aromatic heterocycles. The second-order valence-electron chi connectivity index (χ2n) is 4.32. The van der Waals surface area contributed by atoms with Gasteiger partial charge in [-0.05, 0) is 19.4 Å². The van der Waals surface area contributed by atoms with Crippen LogP contribution in [-0.4, -0.2) is 38.7 Å². The molecule has 1 N–H and O–H groups in total. The molecule has 2 rings (SSSR count). The number of hydrogen-bond acceptors (Lipinski definition) is 5. The van der Waals surface area contributed by atoms with Crippen LogP contribution in [0.4, 0.5) is 0 Å². The van der Waals surface area contributed by atoms with Crippen molar-refractivity contribution in [2.75, 3.05) is 6.54 Å². The fourth-order valence-electron chi connectivity index (χ4n) is 2.21. The largest absolute Gasteiger partial charge is 0.481 e. The molecule has 0 aliphatic carbocycles. The monoisotopic (exact) mass is 239 g/mol. The van der Waals surface area contributed by atoms with Crippen LogP contribution in [0.1, 0.15) is 37.9 Å². The maximum atomic E-state index is 10.7. The highest BCUT2D eigenvalue weighted by molar-refractivity contribution is 5.67. The van der Waals surface area contributed by atoms with Crippen LogP contribution in [0.2, 0.25) is 0 Å². The minimum Gasteiger partial charge on any atom is -0.481 e. The molecule has 1 aliphatic heterocycles. The first-order valence-electron chi connectivity index (χ1n) is 5.96. The van der Waals surface area contributed by atoms with E-state index in [-0.39, 0.29) is 12.5 Å². The summed E-state index contributed by atoms with van der Waals surface area (Å²) >= 11 is 0. The Balaban J connectivity index is 1.95. The lowest BCUT2D eigenvalue weighted by Gasteiger charge is -2.20. The van der Waals surface area contributed by atoms with Crippen LogP contribution < -0.4 is 0 Å². The molecule has 0 aromatic carbocycles. The smallest absolute Gasteiger partial charge is 0.304 e. The van der Waals surface area contributed by atoms with Gasteiger partial charge in [-0.3, -0.25) is 9.69 Å². The van der Waals surface area contributed by atoms with Crippen molar-refractivity contribution in [1.82, 2.24) is 15.0 Å². The van der Waals surface area contributed by atoms with E-state index in [0.717, 1.165) is 25.8 Å². The van der Waals surface area contributed by atoms with E-state index in [1.807, 2.05) is 6.92 Å². The zero-order valence-electron chi connectivity index (χ0n) is 9.93. The molecule has 0 amide bonds. The Bertz CT molecular complexity index is 391. The standard InChI is InChI=1S/C11H17N3O3/c1-2-9-12-10(17-13-9)7-14-5-3-4-8(14)6-11(15)16/h8H,2-7H2,1H3,(H,15,16). The van der Waals surface area contributed by atoms with Crippen molar-refractivity contribution in [3.8, 4) is 0 Å². The van der Waals surface area contributed by atoms with Crippen LogP contribution in [0.15, 0.2) is 4.52 Å². The van der Waals surface area contributed by atoms with Gasteiger partial charge in [-0.15, -0.1) is 0 Å². The lowest BCUT2D eigenvalue weighted by molar-refractivity contribution is -0.138. The zero-order chi connectivity index (χ0) is 12.3. The average Bonchev–Trinajstić information content (AvgIpc) is 2.89. The third-order valence-electron chi connectivity index (χ3n) is 3.07. The van der Waals surface area contributed by atoms with Crippen LogP contribution in [-0.2, 0) is 17.8 Å². The predicted octanol–water partition coefficient (Wildman–Crippen LogP) is 1.07.